The highest BCUT2D eigenvalue weighted by Crippen LogP contribution is 2.28. The Kier molecular flexibility index (Phi) is 5.26. The summed E-state index contributed by atoms with van der Waals surface area (Å²) in [4.78, 5) is 24.1. The van der Waals surface area contributed by atoms with E-state index in [0.29, 0.717) is 5.69 Å². The molecule has 0 fully saturated rings. The van der Waals surface area contributed by atoms with E-state index in [1.54, 1.807) is 12.1 Å². The van der Waals surface area contributed by atoms with Gasteiger partial charge >= 0.3 is 6.03 Å². The number of nitrogens with one attached hydrogen (secondary N) is 2. The molecule has 0 unspecified atom stereocenters. The second-order valence-electron chi connectivity index (χ2n) is 5.85. The topological polar surface area (TPSA) is 58.2 Å². The Morgan fingerprint density at radius 3 is 2.11 bits per heavy atom. The quantitative estimate of drug-likeness (QED) is 0.692. The highest BCUT2D eigenvalue weighted by Gasteiger charge is 2.19. The molecule has 0 spiro atoms. The minimum Gasteiger partial charge on any atom is -0.307 e. The molecular formula is C21H16F2N2O2. The van der Waals surface area contributed by atoms with Crippen LogP contribution in [0.3, 0.4) is 0 Å². The van der Waals surface area contributed by atoms with Crippen LogP contribution in [0.15, 0.2) is 66.7 Å². The zero-order valence-electron chi connectivity index (χ0n) is 14.4. The van der Waals surface area contributed by atoms with Gasteiger partial charge in [0.2, 0.25) is 0 Å². The van der Waals surface area contributed by atoms with Crippen molar-refractivity contribution in [3.8, 4) is 11.1 Å². The van der Waals surface area contributed by atoms with Gasteiger partial charge in [0.05, 0.1) is 0 Å². The summed E-state index contributed by atoms with van der Waals surface area (Å²) < 4.78 is 27.3. The summed E-state index contributed by atoms with van der Waals surface area (Å²) in [6.07, 6.45) is 0. The smallest absolute Gasteiger partial charge is 0.307 e. The standard InChI is InChI=1S/C21H16F2N2O2/c1-13-15(14-7-3-2-4-8-14)9-5-12-18(13)24-21(27)25-20(26)19-16(22)10-6-11-17(19)23/h2-12H,1H3,(H2,24,25,26,27). The molecule has 6 heteroatoms. The van der Waals surface area contributed by atoms with Crippen LogP contribution in [0.2, 0.25) is 0 Å². The Hall–Kier alpha value is -3.54. The molecule has 0 atom stereocenters. The van der Waals surface area contributed by atoms with Gasteiger partial charge in [0.25, 0.3) is 5.91 Å². The van der Waals surface area contributed by atoms with Crippen molar-refractivity contribution in [2.75, 3.05) is 5.32 Å². The van der Waals surface area contributed by atoms with Gasteiger partial charge in [-0.1, -0.05) is 48.5 Å². The molecule has 2 N–H and O–H groups in total. The number of benzene rings is 3. The Labute approximate surface area is 154 Å². The van der Waals surface area contributed by atoms with Crippen molar-refractivity contribution in [2.24, 2.45) is 0 Å². The van der Waals surface area contributed by atoms with Gasteiger partial charge in [-0.2, -0.15) is 0 Å². The molecule has 0 aliphatic carbocycles. The first-order valence-electron chi connectivity index (χ1n) is 8.18. The summed E-state index contributed by atoms with van der Waals surface area (Å²) in [7, 11) is 0. The lowest BCUT2D eigenvalue weighted by Crippen LogP contribution is -2.35. The predicted molar refractivity (Wildman–Crippen MR) is 99.5 cm³/mol. The average Bonchev–Trinajstić information content (AvgIpc) is 2.64. The first-order chi connectivity index (χ1) is 13.0. The third kappa shape index (κ3) is 4.00. The van der Waals surface area contributed by atoms with E-state index in [2.05, 4.69) is 5.32 Å². The van der Waals surface area contributed by atoms with Crippen LogP contribution in [-0.4, -0.2) is 11.9 Å². The highest BCUT2D eigenvalue weighted by molar-refractivity contribution is 6.08. The number of amides is 3. The number of rotatable bonds is 3. The van der Waals surface area contributed by atoms with E-state index in [9.17, 15) is 18.4 Å². The van der Waals surface area contributed by atoms with Gasteiger partial charge in [0, 0.05) is 5.69 Å². The van der Waals surface area contributed by atoms with Crippen LogP contribution in [0.4, 0.5) is 19.3 Å². The first kappa shape index (κ1) is 18.3. The minimum absolute atomic E-state index is 0.482. The summed E-state index contributed by atoms with van der Waals surface area (Å²) in [5.41, 5.74) is 2.37. The van der Waals surface area contributed by atoms with Crippen molar-refractivity contribution >= 4 is 17.6 Å². The molecule has 136 valence electrons. The second kappa shape index (κ2) is 7.78. The van der Waals surface area contributed by atoms with Gasteiger partial charge < -0.3 is 5.32 Å². The number of carbonyl (C=O) groups is 2. The van der Waals surface area contributed by atoms with Gasteiger partial charge in [-0.15, -0.1) is 0 Å². The number of anilines is 1. The van der Waals surface area contributed by atoms with E-state index in [4.69, 9.17) is 0 Å². The predicted octanol–water partition coefficient (Wildman–Crippen LogP) is 4.90. The van der Waals surface area contributed by atoms with Gasteiger partial charge in [-0.25, -0.2) is 13.6 Å². The lowest BCUT2D eigenvalue weighted by Gasteiger charge is -2.13. The zero-order chi connectivity index (χ0) is 19.4. The normalized spacial score (nSPS) is 10.3. The van der Waals surface area contributed by atoms with E-state index in [-0.39, 0.29) is 0 Å². The first-order valence-corrected chi connectivity index (χ1v) is 8.18. The van der Waals surface area contributed by atoms with Gasteiger partial charge in [-0.3, -0.25) is 10.1 Å². The van der Waals surface area contributed by atoms with Crippen LogP contribution in [-0.2, 0) is 0 Å². The van der Waals surface area contributed by atoms with Crippen molar-refractivity contribution in [1.29, 1.82) is 0 Å². The summed E-state index contributed by atoms with van der Waals surface area (Å²) in [6.45, 7) is 1.83. The lowest BCUT2D eigenvalue weighted by molar-refractivity contribution is 0.0959. The maximum atomic E-state index is 13.7. The fourth-order valence-electron chi connectivity index (χ4n) is 2.74. The Bertz CT molecular complexity index is 984. The molecule has 0 saturated heterocycles. The third-order valence-corrected chi connectivity index (χ3v) is 4.08. The van der Waals surface area contributed by atoms with Crippen LogP contribution in [0.5, 0.6) is 0 Å². The number of carbonyl (C=O) groups excluding carboxylic acids is 2. The molecule has 0 aliphatic rings. The SMILES string of the molecule is Cc1c(NC(=O)NC(=O)c2c(F)cccc2F)cccc1-c1ccccc1. The maximum Gasteiger partial charge on any atom is 0.326 e. The van der Waals surface area contributed by atoms with Crippen molar-refractivity contribution in [2.45, 2.75) is 6.92 Å². The third-order valence-electron chi connectivity index (χ3n) is 4.08. The fraction of sp³-hybridized carbons (Fsp3) is 0.0476. The van der Waals surface area contributed by atoms with Crippen molar-refractivity contribution < 1.29 is 18.4 Å². The van der Waals surface area contributed by atoms with E-state index >= 15 is 0 Å². The molecule has 0 radical (unpaired) electrons. The van der Waals surface area contributed by atoms with Crippen LogP contribution in [0, 0.1) is 18.6 Å². The van der Waals surface area contributed by atoms with E-state index in [0.717, 1.165) is 34.9 Å². The number of urea groups is 1. The number of imide groups is 1. The molecule has 0 saturated carbocycles. The van der Waals surface area contributed by atoms with Crippen LogP contribution in [0.25, 0.3) is 11.1 Å². The molecule has 0 aromatic heterocycles. The number of hydrogen-bond donors (Lipinski definition) is 2. The summed E-state index contributed by atoms with van der Waals surface area (Å²) >= 11 is 0. The molecule has 3 aromatic rings. The largest absolute Gasteiger partial charge is 0.326 e. The van der Waals surface area contributed by atoms with Gasteiger partial charge in [-0.05, 0) is 41.8 Å². The Morgan fingerprint density at radius 1 is 0.815 bits per heavy atom. The molecule has 3 aromatic carbocycles. The highest BCUT2D eigenvalue weighted by atomic mass is 19.1. The van der Waals surface area contributed by atoms with Crippen molar-refractivity contribution in [1.82, 2.24) is 5.32 Å². The summed E-state index contributed by atoms with van der Waals surface area (Å²) in [6, 6.07) is 17.1. The fourth-order valence-corrected chi connectivity index (χ4v) is 2.74. The van der Waals surface area contributed by atoms with E-state index < -0.39 is 29.1 Å². The van der Waals surface area contributed by atoms with Crippen molar-refractivity contribution in [3.63, 3.8) is 0 Å². The Balaban J connectivity index is 1.78. The summed E-state index contributed by atoms with van der Waals surface area (Å²) in [5.74, 6) is -3.23. The molecule has 4 nitrogen and oxygen atoms in total. The van der Waals surface area contributed by atoms with Gasteiger partial charge in [0.1, 0.15) is 17.2 Å². The van der Waals surface area contributed by atoms with Gasteiger partial charge in [0.15, 0.2) is 0 Å². The number of hydrogen-bond acceptors (Lipinski definition) is 2. The second-order valence-corrected chi connectivity index (χ2v) is 5.85. The molecule has 0 bridgehead atoms. The molecule has 3 rings (SSSR count). The van der Waals surface area contributed by atoms with E-state index in [1.807, 2.05) is 48.6 Å². The van der Waals surface area contributed by atoms with Crippen LogP contribution < -0.4 is 10.6 Å². The molecule has 0 aliphatic heterocycles. The Morgan fingerprint density at radius 2 is 1.44 bits per heavy atom. The van der Waals surface area contributed by atoms with Crippen LogP contribution >= 0.6 is 0 Å². The molecule has 0 heterocycles. The monoisotopic (exact) mass is 366 g/mol. The minimum atomic E-state index is -1.15. The molecule has 3 amide bonds. The lowest BCUT2D eigenvalue weighted by atomic mass is 9.99. The maximum absolute atomic E-state index is 13.7. The molecule has 27 heavy (non-hydrogen) atoms. The van der Waals surface area contributed by atoms with E-state index in [1.165, 1.54) is 0 Å². The molecular weight excluding hydrogens is 350 g/mol. The summed E-state index contributed by atoms with van der Waals surface area (Å²) in [5, 5.41) is 4.49. The number of halogens is 2. The van der Waals surface area contributed by atoms with Crippen molar-refractivity contribution in [3.05, 3.63) is 89.5 Å². The average molecular weight is 366 g/mol. The zero-order valence-corrected chi connectivity index (χ0v) is 14.4. The van der Waals surface area contributed by atoms with Crippen LogP contribution in [0.1, 0.15) is 15.9 Å².